The molecule has 0 N–H and O–H groups in total. The summed E-state index contributed by atoms with van der Waals surface area (Å²) in [4.78, 5) is 20.9. The average molecular weight is 500 g/mol. The fourth-order valence-corrected chi connectivity index (χ4v) is 7.83. The Labute approximate surface area is 222 Å². The first-order valence-corrected chi connectivity index (χ1v) is 14.4. The maximum Gasteiger partial charge on any atom is 0.253 e. The summed E-state index contributed by atoms with van der Waals surface area (Å²) >= 11 is 0. The van der Waals surface area contributed by atoms with E-state index in [1.165, 1.54) is 49.7 Å². The summed E-state index contributed by atoms with van der Waals surface area (Å²) < 4.78 is 5.64. The molecule has 6 saturated heterocycles. The molecule has 5 unspecified atom stereocenters. The van der Waals surface area contributed by atoms with Crippen molar-refractivity contribution in [3.05, 3.63) is 77.9 Å². The lowest BCUT2D eigenvalue weighted by Crippen LogP contribution is -2.75. The maximum absolute atomic E-state index is 13.3. The fraction of sp³-hybridized carbons (Fsp3) is 0.531. The molecule has 1 amide bonds. The summed E-state index contributed by atoms with van der Waals surface area (Å²) in [5.74, 6) is 1.08. The number of rotatable bonds is 7. The molecule has 8 rings (SSSR count). The van der Waals surface area contributed by atoms with Crippen molar-refractivity contribution in [3.63, 3.8) is 0 Å². The Kier molecular flexibility index (Phi) is 7.09. The van der Waals surface area contributed by atoms with Crippen LogP contribution in [0.1, 0.15) is 78.9 Å². The minimum Gasteiger partial charge on any atom is -0.497 e. The molecule has 0 saturated carbocycles. The number of piperidine rings is 4. The van der Waals surface area contributed by atoms with Gasteiger partial charge >= 0.3 is 0 Å². The first kappa shape index (κ1) is 24.7. The van der Waals surface area contributed by atoms with Gasteiger partial charge in [-0.15, -0.1) is 6.58 Å². The summed E-state index contributed by atoms with van der Waals surface area (Å²) in [6.07, 6.45) is 11.9. The Morgan fingerprint density at radius 3 is 2.19 bits per heavy atom. The lowest BCUT2D eigenvalue weighted by molar-refractivity contribution is -0.151. The molecule has 6 fully saturated rings. The normalized spacial score (nSPS) is 28.6. The predicted octanol–water partition coefficient (Wildman–Crippen LogP) is 5.67. The molecular weight excluding hydrogens is 458 g/mol. The largest absolute Gasteiger partial charge is 0.497 e. The third-order valence-corrected chi connectivity index (χ3v) is 9.44. The topological polar surface area (TPSA) is 36.0 Å². The van der Waals surface area contributed by atoms with Gasteiger partial charge in [-0.25, -0.2) is 0 Å². The number of piperazine rings is 1. The second-order valence-electron chi connectivity index (χ2n) is 11.4. The van der Waals surface area contributed by atoms with Crippen molar-refractivity contribution in [2.45, 2.75) is 81.6 Å². The summed E-state index contributed by atoms with van der Waals surface area (Å²) in [5.41, 5.74) is 3.36. The van der Waals surface area contributed by atoms with E-state index >= 15 is 0 Å². The quantitative estimate of drug-likeness (QED) is 0.460. The van der Waals surface area contributed by atoms with E-state index in [1.54, 1.807) is 7.11 Å². The highest BCUT2D eigenvalue weighted by Crippen LogP contribution is 2.50. The van der Waals surface area contributed by atoms with Gasteiger partial charge in [-0.2, -0.15) is 0 Å². The van der Waals surface area contributed by atoms with Crippen LogP contribution >= 0.6 is 0 Å². The molecule has 6 heterocycles. The van der Waals surface area contributed by atoms with Crippen molar-refractivity contribution in [2.75, 3.05) is 26.7 Å². The van der Waals surface area contributed by atoms with Crippen molar-refractivity contribution in [3.8, 4) is 5.75 Å². The molecule has 5 atom stereocenters. The number of ether oxygens (including phenoxy) is 1. The smallest absolute Gasteiger partial charge is 0.253 e. The van der Waals surface area contributed by atoms with Gasteiger partial charge in [0.2, 0.25) is 0 Å². The molecular formula is C32H41N3O2. The van der Waals surface area contributed by atoms with Crippen LogP contribution in [-0.4, -0.2) is 71.5 Å². The number of fused-ring (bicyclic) bond motifs is 2. The Bertz CT molecular complexity index is 1090. The number of carbonyl (C=O) groups is 1. The predicted molar refractivity (Wildman–Crippen MR) is 148 cm³/mol. The van der Waals surface area contributed by atoms with Crippen molar-refractivity contribution in [1.82, 2.24) is 14.7 Å². The van der Waals surface area contributed by atoms with Gasteiger partial charge < -0.3 is 9.64 Å². The molecule has 196 valence electrons. The van der Waals surface area contributed by atoms with Gasteiger partial charge in [0, 0.05) is 49.4 Å². The second-order valence-corrected chi connectivity index (χ2v) is 11.4. The number of amides is 1. The van der Waals surface area contributed by atoms with Crippen molar-refractivity contribution >= 4 is 5.91 Å². The standard InChI is InChI=1S/C32H41N3O2/c1-3-19-34-27-15-17-29-28(34)16-18-30(27)35(29)31(25-9-8-10-26(22-25)37-2)23-11-13-24(14-12-23)32(36)33-20-6-4-5-7-21-33/h3,8-14,22,27-31H,1,4-7,15-21H2,2H3. The molecule has 6 aliphatic heterocycles. The zero-order chi connectivity index (χ0) is 25.4. The van der Waals surface area contributed by atoms with Gasteiger partial charge in [0.15, 0.2) is 0 Å². The third-order valence-electron chi connectivity index (χ3n) is 9.44. The SMILES string of the molecule is C=CCN1C2CCC3C1CCC2N3C(c1ccc(C(=O)N2CCCCCC2)cc1)c1cccc(OC)c1. The number of benzene rings is 2. The van der Waals surface area contributed by atoms with Crippen LogP contribution in [0.5, 0.6) is 5.75 Å². The summed E-state index contributed by atoms with van der Waals surface area (Å²) in [6.45, 7) is 6.81. The number of hydrogen-bond acceptors (Lipinski definition) is 4. The Balaban J connectivity index is 1.34. The van der Waals surface area contributed by atoms with E-state index in [2.05, 4.69) is 69.8 Å². The van der Waals surface area contributed by atoms with Crippen LogP contribution in [0.4, 0.5) is 0 Å². The van der Waals surface area contributed by atoms with Gasteiger partial charge in [0.25, 0.3) is 5.91 Å². The maximum atomic E-state index is 13.3. The number of likely N-dealkylation sites (tertiary alicyclic amines) is 1. The van der Waals surface area contributed by atoms with Gasteiger partial charge in [-0.3, -0.25) is 14.6 Å². The van der Waals surface area contributed by atoms with Crippen molar-refractivity contribution < 1.29 is 9.53 Å². The monoisotopic (exact) mass is 499 g/mol. The van der Waals surface area contributed by atoms with Gasteiger partial charge in [0.1, 0.15) is 5.75 Å². The van der Waals surface area contributed by atoms with Gasteiger partial charge in [-0.1, -0.05) is 43.2 Å². The van der Waals surface area contributed by atoms with E-state index < -0.39 is 0 Å². The van der Waals surface area contributed by atoms with E-state index in [1.807, 2.05) is 6.07 Å². The first-order valence-electron chi connectivity index (χ1n) is 14.4. The molecule has 0 aliphatic carbocycles. The van der Waals surface area contributed by atoms with Gasteiger partial charge in [-0.05, 0) is 73.9 Å². The molecule has 0 aromatic heterocycles. The molecule has 0 spiro atoms. The fourth-order valence-electron chi connectivity index (χ4n) is 7.83. The third kappa shape index (κ3) is 4.51. The lowest BCUT2D eigenvalue weighted by atomic mass is 9.69. The first-order chi connectivity index (χ1) is 18.2. The highest BCUT2D eigenvalue weighted by atomic mass is 16.5. The van der Waals surface area contributed by atoms with Crippen LogP contribution in [-0.2, 0) is 0 Å². The molecule has 5 nitrogen and oxygen atoms in total. The van der Waals surface area contributed by atoms with E-state index in [4.69, 9.17) is 4.74 Å². The van der Waals surface area contributed by atoms with E-state index in [0.717, 1.165) is 43.8 Å². The number of carbonyl (C=O) groups excluding carboxylic acids is 1. The molecule has 0 radical (unpaired) electrons. The molecule has 6 aliphatic rings. The number of methoxy groups -OCH3 is 1. The zero-order valence-electron chi connectivity index (χ0n) is 22.2. The second kappa shape index (κ2) is 10.6. The van der Waals surface area contributed by atoms with E-state index in [9.17, 15) is 4.79 Å². The van der Waals surface area contributed by atoms with Crippen LogP contribution < -0.4 is 4.74 Å². The van der Waals surface area contributed by atoms with Crippen LogP contribution in [0.15, 0.2) is 61.2 Å². The number of nitrogens with zero attached hydrogens (tertiary/aromatic N) is 3. The molecule has 2 aromatic rings. The molecule has 37 heavy (non-hydrogen) atoms. The Morgan fingerprint density at radius 2 is 1.57 bits per heavy atom. The summed E-state index contributed by atoms with van der Waals surface area (Å²) in [7, 11) is 1.75. The minimum atomic E-state index is 0.156. The number of hydrogen-bond donors (Lipinski definition) is 0. The highest BCUT2D eigenvalue weighted by Gasteiger charge is 2.56. The Hall–Kier alpha value is -2.63. The highest BCUT2D eigenvalue weighted by molar-refractivity contribution is 5.94. The van der Waals surface area contributed by atoms with E-state index in [-0.39, 0.29) is 11.9 Å². The summed E-state index contributed by atoms with van der Waals surface area (Å²) in [5, 5.41) is 0. The lowest BCUT2D eigenvalue weighted by Gasteiger charge is -2.66. The van der Waals surface area contributed by atoms with Gasteiger partial charge in [0.05, 0.1) is 13.2 Å². The Morgan fingerprint density at radius 1 is 0.919 bits per heavy atom. The van der Waals surface area contributed by atoms with E-state index in [0.29, 0.717) is 24.2 Å². The summed E-state index contributed by atoms with van der Waals surface area (Å²) in [6, 6.07) is 19.6. The average Bonchev–Trinajstić information content (AvgIpc) is 3.23. The minimum absolute atomic E-state index is 0.156. The molecule has 5 heteroatoms. The molecule has 4 bridgehead atoms. The van der Waals surface area contributed by atoms with Crippen molar-refractivity contribution in [2.24, 2.45) is 0 Å². The van der Waals surface area contributed by atoms with Crippen LogP contribution in [0, 0.1) is 0 Å². The van der Waals surface area contributed by atoms with Crippen LogP contribution in [0.25, 0.3) is 0 Å². The zero-order valence-corrected chi connectivity index (χ0v) is 22.2. The molecule has 2 aromatic carbocycles. The van der Waals surface area contributed by atoms with Crippen LogP contribution in [0.3, 0.4) is 0 Å². The van der Waals surface area contributed by atoms with Crippen molar-refractivity contribution in [1.29, 1.82) is 0 Å². The van der Waals surface area contributed by atoms with Crippen LogP contribution in [0.2, 0.25) is 0 Å².